The second kappa shape index (κ2) is 8.38. The fourth-order valence-electron chi connectivity index (χ4n) is 5.16. The molecule has 2 aromatic heterocycles. The third kappa shape index (κ3) is 4.56. The lowest BCUT2D eigenvalue weighted by Crippen LogP contribution is -2.53. The van der Waals surface area contributed by atoms with E-state index in [0.29, 0.717) is 36.8 Å². The van der Waals surface area contributed by atoms with Crippen molar-refractivity contribution in [3.05, 3.63) is 40.0 Å². The van der Waals surface area contributed by atoms with Gasteiger partial charge in [-0.15, -0.1) is 11.3 Å². The number of anilines is 1. The predicted molar refractivity (Wildman–Crippen MR) is 135 cm³/mol. The first-order valence-corrected chi connectivity index (χ1v) is 15.1. The molecule has 2 aliphatic carbocycles. The van der Waals surface area contributed by atoms with Crippen molar-refractivity contribution >= 4 is 38.5 Å². The van der Waals surface area contributed by atoms with Crippen molar-refractivity contribution < 1.29 is 9.00 Å². The Labute approximate surface area is 200 Å². The largest absolute Gasteiger partial charge is 0.351 e. The van der Waals surface area contributed by atoms with Gasteiger partial charge >= 0.3 is 0 Å². The van der Waals surface area contributed by atoms with Crippen LogP contribution in [0.3, 0.4) is 0 Å². The topological polar surface area (TPSA) is 66.4 Å². The van der Waals surface area contributed by atoms with Gasteiger partial charge in [0.15, 0.2) is 0 Å². The molecule has 2 aromatic rings. The van der Waals surface area contributed by atoms with Crippen molar-refractivity contribution in [3.63, 3.8) is 0 Å². The van der Waals surface area contributed by atoms with E-state index in [0.717, 1.165) is 30.5 Å². The molecule has 2 saturated heterocycles. The van der Waals surface area contributed by atoms with E-state index >= 15 is 0 Å². The van der Waals surface area contributed by atoms with Crippen LogP contribution in [0.25, 0.3) is 0 Å². The molecule has 0 radical (unpaired) electrons. The molecular weight excluding hydrogens is 452 g/mol. The van der Waals surface area contributed by atoms with Crippen molar-refractivity contribution in [1.29, 1.82) is 0 Å². The zero-order valence-corrected chi connectivity index (χ0v) is 20.7. The quantitative estimate of drug-likeness (QED) is 0.604. The van der Waals surface area contributed by atoms with Gasteiger partial charge in [-0.1, -0.05) is 0 Å². The Morgan fingerprint density at radius 2 is 1.70 bits per heavy atom. The van der Waals surface area contributed by atoms with Crippen LogP contribution in [0.15, 0.2) is 24.5 Å². The number of aromatic nitrogens is 2. The van der Waals surface area contributed by atoms with Crippen molar-refractivity contribution in [2.24, 2.45) is 5.92 Å². The van der Waals surface area contributed by atoms with Crippen LogP contribution in [0.2, 0.25) is 0 Å². The molecule has 4 fully saturated rings. The van der Waals surface area contributed by atoms with E-state index in [2.05, 4.69) is 32.8 Å². The molecular formula is C25H32N4O2S2. The molecule has 2 aliphatic heterocycles. The van der Waals surface area contributed by atoms with Crippen LogP contribution in [0.5, 0.6) is 0 Å². The van der Waals surface area contributed by atoms with Crippen molar-refractivity contribution in [3.8, 4) is 0 Å². The molecule has 1 unspecified atom stereocenters. The fourth-order valence-corrected chi connectivity index (χ4v) is 8.08. The molecule has 1 amide bonds. The molecule has 0 spiro atoms. The molecule has 6 nitrogen and oxygen atoms in total. The molecule has 1 atom stereocenters. The van der Waals surface area contributed by atoms with Gasteiger partial charge in [0.2, 0.25) is 5.91 Å². The van der Waals surface area contributed by atoms with E-state index in [4.69, 9.17) is 4.98 Å². The van der Waals surface area contributed by atoms with E-state index < -0.39 is 9.52 Å². The highest BCUT2D eigenvalue weighted by molar-refractivity contribution is 8.00. The average Bonchev–Trinajstić information content (AvgIpc) is 3.77. The third-order valence-electron chi connectivity index (χ3n) is 7.62. The fraction of sp³-hybridized carbons (Fsp3) is 0.600. The zero-order chi connectivity index (χ0) is 22.6. The van der Waals surface area contributed by atoms with Crippen LogP contribution in [0.4, 0.5) is 5.82 Å². The summed E-state index contributed by atoms with van der Waals surface area (Å²) in [5.74, 6) is 7.44. The van der Waals surface area contributed by atoms with Crippen LogP contribution < -0.4 is 4.90 Å². The highest BCUT2D eigenvalue weighted by Gasteiger charge is 2.38. The Kier molecular flexibility index (Phi) is 5.48. The summed E-state index contributed by atoms with van der Waals surface area (Å²) in [6.45, 7) is 2.19. The van der Waals surface area contributed by atoms with Crippen LogP contribution in [-0.2, 0) is 14.3 Å². The van der Waals surface area contributed by atoms with E-state index in [1.54, 1.807) is 0 Å². The highest BCUT2D eigenvalue weighted by Crippen LogP contribution is 2.45. The SMILES string of the molecule is C=S1(=O)CCC(C(=O)N2CCN(c3cnc(C4CC4)cn3)CC2c2ccc(C3CC3)s2)CC1. The first-order chi connectivity index (χ1) is 16.0. The van der Waals surface area contributed by atoms with Gasteiger partial charge in [0.05, 0.1) is 24.1 Å². The van der Waals surface area contributed by atoms with E-state index in [9.17, 15) is 9.00 Å². The van der Waals surface area contributed by atoms with Crippen LogP contribution in [0, 0.1) is 5.92 Å². The van der Waals surface area contributed by atoms with Crippen molar-refractivity contribution in [1.82, 2.24) is 14.9 Å². The Balaban J connectivity index is 1.23. The highest BCUT2D eigenvalue weighted by atomic mass is 32.2. The smallest absolute Gasteiger partial charge is 0.226 e. The third-order valence-corrected chi connectivity index (χ3v) is 10.9. The predicted octanol–water partition coefficient (Wildman–Crippen LogP) is 3.81. The van der Waals surface area contributed by atoms with Gasteiger partial charge in [-0.05, 0) is 72.0 Å². The normalized spacial score (nSPS) is 30.4. The molecule has 0 N–H and O–H groups in total. The summed E-state index contributed by atoms with van der Waals surface area (Å²) in [6, 6.07) is 4.53. The maximum atomic E-state index is 13.6. The number of nitrogens with zero attached hydrogens (tertiary/aromatic N) is 4. The Hall–Kier alpha value is -1.93. The Morgan fingerprint density at radius 3 is 2.36 bits per heavy atom. The molecule has 2 saturated carbocycles. The monoisotopic (exact) mass is 484 g/mol. The van der Waals surface area contributed by atoms with Gasteiger partial charge in [0.1, 0.15) is 5.82 Å². The molecule has 4 aliphatic rings. The number of hydrogen-bond donors (Lipinski definition) is 0. The number of carbonyl (C=O) groups is 1. The molecule has 8 heteroatoms. The second-order valence-corrected chi connectivity index (χ2v) is 14.1. The van der Waals surface area contributed by atoms with Gasteiger partial charge in [0.25, 0.3) is 0 Å². The summed E-state index contributed by atoms with van der Waals surface area (Å²) in [6.07, 6.45) is 10.3. The number of carbonyl (C=O) groups excluding carboxylic acids is 1. The van der Waals surface area contributed by atoms with Crippen molar-refractivity contribution in [2.75, 3.05) is 36.0 Å². The molecule has 33 heavy (non-hydrogen) atoms. The number of thiophene rings is 1. The number of rotatable bonds is 5. The Bertz CT molecular complexity index is 1120. The minimum Gasteiger partial charge on any atom is -0.351 e. The van der Waals surface area contributed by atoms with E-state index in [1.165, 1.54) is 35.4 Å². The number of piperazine rings is 1. The minimum atomic E-state index is -1.99. The lowest BCUT2D eigenvalue weighted by Gasteiger charge is -2.43. The van der Waals surface area contributed by atoms with E-state index in [1.807, 2.05) is 23.7 Å². The van der Waals surface area contributed by atoms with E-state index in [-0.39, 0.29) is 17.9 Å². The lowest BCUT2D eigenvalue weighted by atomic mass is 9.98. The van der Waals surface area contributed by atoms with Crippen molar-refractivity contribution in [2.45, 2.75) is 56.4 Å². The zero-order valence-electron chi connectivity index (χ0n) is 19.0. The number of amides is 1. The second-order valence-electron chi connectivity index (χ2n) is 10.2. The minimum absolute atomic E-state index is 0.0275. The van der Waals surface area contributed by atoms with Gasteiger partial charge in [0, 0.05) is 52.7 Å². The molecule has 4 heterocycles. The molecule has 0 aromatic carbocycles. The average molecular weight is 485 g/mol. The van der Waals surface area contributed by atoms with Gasteiger partial charge in [-0.25, -0.2) is 4.98 Å². The number of hydrogen-bond acceptors (Lipinski definition) is 6. The molecule has 0 bridgehead atoms. The summed E-state index contributed by atoms with van der Waals surface area (Å²) in [7, 11) is -1.99. The summed E-state index contributed by atoms with van der Waals surface area (Å²) >= 11 is 1.88. The first kappa shape index (κ1) is 21.6. The first-order valence-electron chi connectivity index (χ1n) is 12.3. The maximum Gasteiger partial charge on any atom is 0.226 e. The maximum absolute atomic E-state index is 13.6. The van der Waals surface area contributed by atoms with Gasteiger partial charge < -0.3 is 9.80 Å². The molecule has 176 valence electrons. The molecule has 6 rings (SSSR count). The summed E-state index contributed by atoms with van der Waals surface area (Å²) in [5.41, 5.74) is 1.11. The summed E-state index contributed by atoms with van der Waals surface area (Å²) in [4.78, 5) is 30.2. The van der Waals surface area contributed by atoms with Gasteiger partial charge in [-0.2, -0.15) is 0 Å². The van der Waals surface area contributed by atoms with Crippen LogP contribution >= 0.6 is 11.3 Å². The van der Waals surface area contributed by atoms with Gasteiger partial charge in [-0.3, -0.25) is 14.0 Å². The van der Waals surface area contributed by atoms with Crippen LogP contribution in [-0.4, -0.2) is 62.0 Å². The summed E-state index contributed by atoms with van der Waals surface area (Å²) in [5, 5.41) is 0. The standard InChI is InChI=1S/C25H32N4O2S2/c1-33(31)12-8-19(9-13-33)25(30)29-11-10-28(24-15-26-20(14-27-24)17-2-3-17)16-21(29)23-7-6-22(32-23)18-4-5-18/h6-7,14-15,17-19,21H,1-5,8-13,16H2. The summed E-state index contributed by atoms with van der Waals surface area (Å²) < 4.78 is 12.3. The Morgan fingerprint density at radius 1 is 0.970 bits per heavy atom. The van der Waals surface area contributed by atoms with Crippen LogP contribution in [0.1, 0.15) is 71.9 Å². The lowest BCUT2D eigenvalue weighted by molar-refractivity contribution is -0.138.